The monoisotopic (exact) mass is 252 g/mol. The SMILES string of the molecule is CCCC1(CN(CCC(C)C)C2CC2)CCCN1. The second kappa shape index (κ2) is 6.38. The van der Waals surface area contributed by atoms with E-state index in [0.29, 0.717) is 5.54 Å². The summed E-state index contributed by atoms with van der Waals surface area (Å²) < 4.78 is 0. The van der Waals surface area contributed by atoms with Crippen molar-refractivity contribution in [3.05, 3.63) is 0 Å². The lowest BCUT2D eigenvalue weighted by Gasteiger charge is -2.36. The first-order valence-corrected chi connectivity index (χ1v) is 8.14. The molecule has 1 aliphatic carbocycles. The van der Waals surface area contributed by atoms with Crippen molar-refractivity contribution in [2.24, 2.45) is 5.92 Å². The van der Waals surface area contributed by atoms with Crippen LogP contribution in [0, 0.1) is 5.92 Å². The average Bonchev–Trinajstić information content (AvgIpc) is 3.07. The second-order valence-corrected chi connectivity index (χ2v) is 6.94. The van der Waals surface area contributed by atoms with Crippen LogP contribution in [0.25, 0.3) is 0 Å². The van der Waals surface area contributed by atoms with Crippen LogP contribution in [-0.4, -0.2) is 36.1 Å². The minimum absolute atomic E-state index is 0.453. The van der Waals surface area contributed by atoms with Gasteiger partial charge in [-0.05, 0) is 57.5 Å². The Morgan fingerprint density at radius 2 is 2.11 bits per heavy atom. The summed E-state index contributed by atoms with van der Waals surface area (Å²) >= 11 is 0. The van der Waals surface area contributed by atoms with Gasteiger partial charge in [-0.25, -0.2) is 0 Å². The zero-order chi connectivity index (χ0) is 13.0. The van der Waals surface area contributed by atoms with Crippen LogP contribution in [0.2, 0.25) is 0 Å². The van der Waals surface area contributed by atoms with Gasteiger partial charge in [-0.2, -0.15) is 0 Å². The van der Waals surface area contributed by atoms with Crippen molar-refractivity contribution in [3.63, 3.8) is 0 Å². The Hall–Kier alpha value is -0.0800. The van der Waals surface area contributed by atoms with Gasteiger partial charge in [0, 0.05) is 18.1 Å². The molecule has 0 bridgehead atoms. The highest BCUT2D eigenvalue weighted by atomic mass is 15.2. The summed E-state index contributed by atoms with van der Waals surface area (Å²) in [4.78, 5) is 2.80. The fourth-order valence-electron chi connectivity index (χ4n) is 3.42. The fourth-order valence-corrected chi connectivity index (χ4v) is 3.42. The highest BCUT2D eigenvalue weighted by Crippen LogP contribution is 2.32. The summed E-state index contributed by atoms with van der Waals surface area (Å²) in [7, 11) is 0. The molecule has 1 unspecified atom stereocenters. The highest BCUT2D eigenvalue weighted by Gasteiger charge is 2.38. The van der Waals surface area contributed by atoms with Crippen LogP contribution in [0.5, 0.6) is 0 Å². The molecule has 1 atom stereocenters. The van der Waals surface area contributed by atoms with Crippen molar-refractivity contribution in [2.75, 3.05) is 19.6 Å². The number of nitrogens with one attached hydrogen (secondary N) is 1. The van der Waals surface area contributed by atoms with Gasteiger partial charge in [0.05, 0.1) is 0 Å². The molecule has 0 radical (unpaired) electrons. The molecule has 0 aromatic carbocycles. The fraction of sp³-hybridized carbons (Fsp3) is 1.00. The molecule has 2 nitrogen and oxygen atoms in total. The molecule has 0 aromatic heterocycles. The second-order valence-electron chi connectivity index (χ2n) is 6.94. The molecule has 1 aliphatic heterocycles. The number of rotatable bonds is 8. The molecular formula is C16H32N2. The van der Waals surface area contributed by atoms with E-state index in [2.05, 4.69) is 31.0 Å². The molecule has 18 heavy (non-hydrogen) atoms. The van der Waals surface area contributed by atoms with Crippen LogP contribution in [0.4, 0.5) is 0 Å². The van der Waals surface area contributed by atoms with E-state index in [-0.39, 0.29) is 0 Å². The average molecular weight is 252 g/mol. The predicted octanol–water partition coefficient (Wildman–Crippen LogP) is 3.42. The van der Waals surface area contributed by atoms with Gasteiger partial charge in [-0.3, -0.25) is 4.90 Å². The van der Waals surface area contributed by atoms with Gasteiger partial charge in [0.2, 0.25) is 0 Å². The summed E-state index contributed by atoms with van der Waals surface area (Å²) in [5, 5.41) is 3.83. The Morgan fingerprint density at radius 3 is 2.61 bits per heavy atom. The van der Waals surface area contributed by atoms with Crippen molar-refractivity contribution in [2.45, 2.75) is 77.3 Å². The van der Waals surface area contributed by atoms with Crippen LogP contribution in [-0.2, 0) is 0 Å². The standard InChI is InChI=1S/C16H32N2/c1-4-9-16(10-5-11-17-16)13-18(15-6-7-15)12-8-14(2)3/h14-15,17H,4-13H2,1-3H3. The number of hydrogen-bond acceptors (Lipinski definition) is 2. The molecule has 0 amide bonds. The van der Waals surface area contributed by atoms with Crippen molar-refractivity contribution in [3.8, 4) is 0 Å². The molecule has 2 aliphatic rings. The van der Waals surface area contributed by atoms with Crippen LogP contribution < -0.4 is 5.32 Å². The topological polar surface area (TPSA) is 15.3 Å². The van der Waals surface area contributed by atoms with Gasteiger partial charge in [-0.15, -0.1) is 0 Å². The van der Waals surface area contributed by atoms with Crippen LogP contribution in [0.1, 0.15) is 65.7 Å². The molecule has 1 N–H and O–H groups in total. The van der Waals surface area contributed by atoms with Crippen LogP contribution >= 0.6 is 0 Å². The van der Waals surface area contributed by atoms with Gasteiger partial charge in [0.15, 0.2) is 0 Å². The molecular weight excluding hydrogens is 220 g/mol. The normalized spacial score (nSPS) is 28.5. The predicted molar refractivity (Wildman–Crippen MR) is 78.9 cm³/mol. The van der Waals surface area contributed by atoms with E-state index in [4.69, 9.17) is 0 Å². The van der Waals surface area contributed by atoms with E-state index >= 15 is 0 Å². The van der Waals surface area contributed by atoms with Gasteiger partial charge in [0.25, 0.3) is 0 Å². The van der Waals surface area contributed by atoms with E-state index in [1.807, 2.05) is 0 Å². The van der Waals surface area contributed by atoms with Gasteiger partial charge in [-0.1, -0.05) is 27.2 Å². The Kier molecular flexibility index (Phi) is 5.08. The number of nitrogens with zero attached hydrogens (tertiary/aromatic N) is 1. The molecule has 0 spiro atoms. The van der Waals surface area contributed by atoms with Gasteiger partial charge < -0.3 is 5.32 Å². The first kappa shape index (κ1) is 14.3. The van der Waals surface area contributed by atoms with E-state index < -0.39 is 0 Å². The first-order valence-electron chi connectivity index (χ1n) is 8.14. The number of hydrogen-bond donors (Lipinski definition) is 1. The maximum atomic E-state index is 3.83. The Balaban J connectivity index is 1.89. The molecule has 2 fully saturated rings. The maximum Gasteiger partial charge on any atom is 0.0309 e. The molecule has 106 valence electrons. The Bertz CT molecular complexity index is 239. The molecule has 1 saturated carbocycles. The van der Waals surface area contributed by atoms with Gasteiger partial charge in [0.1, 0.15) is 0 Å². The smallest absolute Gasteiger partial charge is 0.0309 e. The summed E-state index contributed by atoms with van der Waals surface area (Å²) in [6.45, 7) is 10.9. The minimum atomic E-state index is 0.453. The van der Waals surface area contributed by atoms with Crippen molar-refractivity contribution in [1.29, 1.82) is 0 Å². The Labute approximate surface area is 114 Å². The zero-order valence-electron chi connectivity index (χ0n) is 12.7. The summed E-state index contributed by atoms with van der Waals surface area (Å²) in [6, 6.07) is 0.917. The minimum Gasteiger partial charge on any atom is -0.310 e. The van der Waals surface area contributed by atoms with E-state index in [1.165, 1.54) is 64.6 Å². The third-order valence-electron chi connectivity index (χ3n) is 4.62. The van der Waals surface area contributed by atoms with E-state index in [1.54, 1.807) is 0 Å². The molecule has 1 heterocycles. The van der Waals surface area contributed by atoms with Crippen molar-refractivity contribution in [1.82, 2.24) is 10.2 Å². The lowest BCUT2D eigenvalue weighted by molar-refractivity contribution is 0.168. The molecule has 2 heteroatoms. The lowest BCUT2D eigenvalue weighted by Crippen LogP contribution is -2.50. The quantitative estimate of drug-likeness (QED) is 0.712. The third kappa shape index (κ3) is 3.96. The molecule has 2 rings (SSSR count). The summed E-state index contributed by atoms with van der Waals surface area (Å²) in [5.41, 5.74) is 0.453. The third-order valence-corrected chi connectivity index (χ3v) is 4.62. The van der Waals surface area contributed by atoms with Crippen LogP contribution in [0.3, 0.4) is 0 Å². The van der Waals surface area contributed by atoms with Gasteiger partial charge >= 0.3 is 0 Å². The van der Waals surface area contributed by atoms with Crippen LogP contribution in [0.15, 0.2) is 0 Å². The van der Waals surface area contributed by atoms with Crippen molar-refractivity contribution < 1.29 is 0 Å². The summed E-state index contributed by atoms with van der Waals surface area (Å²) in [5.74, 6) is 0.838. The molecule has 0 aromatic rings. The summed E-state index contributed by atoms with van der Waals surface area (Å²) in [6.07, 6.45) is 9.70. The zero-order valence-corrected chi connectivity index (χ0v) is 12.7. The van der Waals surface area contributed by atoms with Crippen molar-refractivity contribution >= 4 is 0 Å². The first-order chi connectivity index (χ1) is 8.65. The Morgan fingerprint density at radius 1 is 1.33 bits per heavy atom. The largest absolute Gasteiger partial charge is 0.310 e. The van der Waals surface area contributed by atoms with E-state index in [9.17, 15) is 0 Å². The highest BCUT2D eigenvalue weighted by molar-refractivity contribution is 4.98. The maximum absolute atomic E-state index is 3.83. The molecule has 1 saturated heterocycles. The lowest BCUT2D eigenvalue weighted by atomic mass is 9.91. The van der Waals surface area contributed by atoms with E-state index in [0.717, 1.165) is 12.0 Å².